The van der Waals surface area contributed by atoms with Crippen molar-refractivity contribution in [2.75, 3.05) is 0 Å². The van der Waals surface area contributed by atoms with Crippen LogP contribution in [-0.2, 0) is 43.2 Å². The zero-order chi connectivity index (χ0) is 42.6. The van der Waals surface area contributed by atoms with Crippen molar-refractivity contribution >= 4 is 27.5 Å². The molecule has 323 valence electrons. The Morgan fingerprint density at radius 2 is 1.52 bits per heavy atom. The summed E-state index contributed by atoms with van der Waals surface area (Å²) in [4.78, 5) is 17.0. The molecule has 0 bridgehead atoms. The minimum Gasteiger partial charge on any atom is -0.512 e. The third-order valence-corrected chi connectivity index (χ3v) is 13.3. The van der Waals surface area contributed by atoms with Crippen LogP contribution < -0.4 is 0 Å². The number of ketones is 1. The van der Waals surface area contributed by atoms with Crippen LogP contribution in [0.25, 0.3) is 32.9 Å². The van der Waals surface area contributed by atoms with Gasteiger partial charge in [-0.15, -0.1) is 29.1 Å². The Kier molecular flexibility index (Phi) is 15.8. The van der Waals surface area contributed by atoms with Crippen molar-refractivity contribution in [1.82, 2.24) is 4.98 Å². The number of nitrogens with zero attached hydrogens (tertiary/aromatic N) is 1. The Morgan fingerprint density at radius 3 is 2.17 bits per heavy atom. The van der Waals surface area contributed by atoms with E-state index in [0.29, 0.717) is 18.3 Å². The number of rotatable bonds is 10. The van der Waals surface area contributed by atoms with Gasteiger partial charge in [0.15, 0.2) is 5.78 Å². The van der Waals surface area contributed by atoms with Crippen LogP contribution in [0.5, 0.6) is 0 Å². The van der Waals surface area contributed by atoms with Crippen molar-refractivity contribution in [3.63, 3.8) is 0 Å². The van der Waals surface area contributed by atoms with Gasteiger partial charge < -0.3 is 5.11 Å². The number of hydrogen-bond acceptors (Lipinski definition) is 3. The van der Waals surface area contributed by atoms with Crippen LogP contribution in [0.4, 0.5) is 8.78 Å². The molecule has 0 aliphatic heterocycles. The van der Waals surface area contributed by atoms with E-state index in [4.69, 9.17) is 4.98 Å². The summed E-state index contributed by atoms with van der Waals surface area (Å²) in [6.07, 6.45) is 9.69. The number of hydrogen-bond donors (Lipinski definition) is 1. The largest absolute Gasteiger partial charge is 0.512 e. The van der Waals surface area contributed by atoms with Gasteiger partial charge >= 0.3 is 0 Å². The first-order valence-electron chi connectivity index (χ1n) is 22.4. The molecule has 1 saturated carbocycles. The van der Waals surface area contributed by atoms with Gasteiger partial charge in [-0.25, -0.2) is 8.78 Å². The van der Waals surface area contributed by atoms with Crippen molar-refractivity contribution in [3.8, 4) is 11.3 Å². The zero-order valence-electron chi connectivity index (χ0n) is 37.4. The Morgan fingerprint density at radius 1 is 0.867 bits per heavy atom. The van der Waals surface area contributed by atoms with E-state index in [2.05, 4.69) is 101 Å². The molecule has 60 heavy (non-hydrogen) atoms. The van der Waals surface area contributed by atoms with E-state index in [0.717, 1.165) is 84.7 Å². The fourth-order valence-electron chi connectivity index (χ4n) is 9.75. The van der Waals surface area contributed by atoms with Gasteiger partial charge in [-0.1, -0.05) is 108 Å². The SMILES string of the molecule is CCC(CC)C(=O)/C=C(\O)C(CC)CC.Cc1cc(C)c2c(C3CCC(c4ccc5c(c4)CCC(F)(F)C5)CC3)cc(-c3[c-]c4ccccc4c(C(C)(C)C)c3)nc2c1.[Ir]. The molecule has 1 aromatic heterocycles. The van der Waals surface area contributed by atoms with Gasteiger partial charge in [0.25, 0.3) is 5.92 Å². The van der Waals surface area contributed by atoms with Crippen LogP contribution in [-0.4, -0.2) is 21.8 Å². The van der Waals surface area contributed by atoms with Crippen molar-refractivity contribution < 1.29 is 38.8 Å². The molecule has 1 fully saturated rings. The molecule has 5 aromatic rings. The molecule has 6 heteroatoms. The van der Waals surface area contributed by atoms with Gasteiger partial charge in [0.2, 0.25) is 0 Å². The predicted octanol–water partition coefficient (Wildman–Crippen LogP) is 15.2. The Bertz CT molecular complexity index is 2310. The molecular weight excluding hydrogens is 925 g/mol. The van der Waals surface area contributed by atoms with Gasteiger partial charge in [-0.3, -0.25) is 9.78 Å². The van der Waals surface area contributed by atoms with E-state index >= 15 is 0 Å². The summed E-state index contributed by atoms with van der Waals surface area (Å²) in [7, 11) is 0. The summed E-state index contributed by atoms with van der Waals surface area (Å²) in [6, 6.07) is 27.9. The molecule has 1 radical (unpaired) electrons. The summed E-state index contributed by atoms with van der Waals surface area (Å²) in [5.41, 5.74) is 11.7. The molecule has 0 amide bonds. The van der Waals surface area contributed by atoms with Crippen molar-refractivity contribution in [2.45, 2.75) is 156 Å². The fourth-order valence-corrected chi connectivity index (χ4v) is 9.75. The van der Waals surface area contributed by atoms with Crippen LogP contribution in [0.1, 0.15) is 157 Å². The van der Waals surface area contributed by atoms with Crippen LogP contribution in [0.15, 0.2) is 78.6 Å². The first-order chi connectivity index (χ1) is 28.0. The third kappa shape index (κ3) is 10.8. The Hall–Kier alpha value is -3.73. The molecule has 4 aromatic carbocycles. The second kappa shape index (κ2) is 20.0. The number of fused-ring (bicyclic) bond motifs is 3. The summed E-state index contributed by atoms with van der Waals surface area (Å²) in [6.45, 7) is 19.3. The average Bonchev–Trinajstić information content (AvgIpc) is 3.20. The van der Waals surface area contributed by atoms with E-state index < -0.39 is 5.92 Å². The summed E-state index contributed by atoms with van der Waals surface area (Å²) in [5, 5.41) is 13.4. The van der Waals surface area contributed by atoms with Gasteiger partial charge in [0.05, 0.1) is 11.3 Å². The van der Waals surface area contributed by atoms with E-state index in [1.54, 1.807) is 0 Å². The number of carbonyl (C=O) groups is 1. The first-order valence-corrected chi connectivity index (χ1v) is 22.4. The number of pyridine rings is 1. The standard InChI is InChI=1S/C41H42F2N.C13H24O2.Ir/c1-25-18-26(2)39-35(28-12-10-27(11-13-28)29-14-15-32-24-41(42,43)17-16-30(32)20-29)23-37(44-38(39)19-25)33-21-31-8-6-7-9-34(31)36(22-33)40(3,4)5;1-5-10(6-2)12(14)9-13(15)11(7-3)8-4;/h6-9,14-15,18-20,22-23,27-28H,10-13,16-17,24H2,1-5H3;9-11,14H,5-8H2,1-4H3;/q-1;;/b;12-9-;. The number of benzene rings is 4. The molecule has 1 N–H and O–H groups in total. The van der Waals surface area contributed by atoms with Gasteiger partial charge in [-0.2, -0.15) is 0 Å². The molecule has 0 saturated heterocycles. The van der Waals surface area contributed by atoms with Gasteiger partial charge in [-0.05, 0) is 128 Å². The summed E-state index contributed by atoms with van der Waals surface area (Å²) >= 11 is 0. The van der Waals surface area contributed by atoms with E-state index in [9.17, 15) is 18.7 Å². The number of aromatic nitrogens is 1. The average molecular weight is 991 g/mol. The summed E-state index contributed by atoms with van der Waals surface area (Å²) < 4.78 is 28.0. The minimum atomic E-state index is -2.56. The van der Waals surface area contributed by atoms with E-state index in [1.807, 2.05) is 33.8 Å². The van der Waals surface area contributed by atoms with Crippen molar-refractivity contribution in [3.05, 3.63) is 124 Å². The van der Waals surface area contributed by atoms with Crippen LogP contribution in [0.2, 0.25) is 0 Å². The number of alkyl halides is 2. The smallest absolute Gasteiger partial charge is 0.252 e. The molecule has 2 aliphatic carbocycles. The maximum atomic E-state index is 14.0. The van der Waals surface area contributed by atoms with Gasteiger partial charge in [0.1, 0.15) is 0 Å². The second-order valence-electron chi connectivity index (χ2n) is 18.6. The number of carbonyl (C=O) groups excluding carboxylic acids is 1. The zero-order valence-corrected chi connectivity index (χ0v) is 39.8. The first kappa shape index (κ1) is 47.3. The topological polar surface area (TPSA) is 50.2 Å². The van der Waals surface area contributed by atoms with Crippen molar-refractivity contribution in [2.24, 2.45) is 11.8 Å². The Labute approximate surface area is 372 Å². The van der Waals surface area contributed by atoms with Crippen LogP contribution in [0.3, 0.4) is 0 Å². The fraction of sp³-hybridized carbons (Fsp3) is 0.481. The number of aliphatic hydroxyl groups is 1. The van der Waals surface area contributed by atoms with E-state index in [1.165, 1.54) is 44.7 Å². The molecule has 2 aliphatic rings. The van der Waals surface area contributed by atoms with Crippen LogP contribution in [0, 0.1) is 31.7 Å². The maximum absolute atomic E-state index is 14.0. The molecule has 0 spiro atoms. The molecule has 0 unspecified atom stereocenters. The van der Waals surface area contributed by atoms with Gasteiger partial charge in [0, 0.05) is 61.9 Å². The molecular formula is C54H66F2IrNO2-. The maximum Gasteiger partial charge on any atom is 0.252 e. The monoisotopic (exact) mass is 991 g/mol. The molecule has 3 nitrogen and oxygen atoms in total. The number of aryl methyl sites for hydroxylation is 3. The molecule has 7 rings (SSSR count). The predicted molar refractivity (Wildman–Crippen MR) is 243 cm³/mol. The van der Waals surface area contributed by atoms with Crippen LogP contribution >= 0.6 is 0 Å². The summed E-state index contributed by atoms with van der Waals surface area (Å²) in [5.74, 6) is -1.08. The molecule has 1 heterocycles. The second-order valence-corrected chi connectivity index (χ2v) is 18.6. The Balaban J connectivity index is 0.000000367. The molecule has 0 atom stereocenters. The number of aliphatic hydroxyl groups excluding tert-OH is 1. The number of halogens is 2. The number of allylic oxidation sites excluding steroid dienone is 2. The minimum absolute atomic E-state index is 0. The quantitative estimate of drug-likeness (QED) is 0.0862. The van der Waals surface area contributed by atoms with E-state index in [-0.39, 0.29) is 61.7 Å². The van der Waals surface area contributed by atoms with Crippen molar-refractivity contribution in [1.29, 1.82) is 0 Å². The normalized spacial score (nSPS) is 17.9. The third-order valence-electron chi connectivity index (χ3n) is 13.3.